The van der Waals surface area contributed by atoms with E-state index < -0.39 is 12.3 Å². The van der Waals surface area contributed by atoms with Crippen molar-refractivity contribution in [3.05, 3.63) is 25.3 Å². The summed E-state index contributed by atoms with van der Waals surface area (Å²) in [6.07, 6.45) is 0.764. The SMILES string of the molecule is C=CC(=O)OC(C)COC[C@@H](C)OC(O)C=C. The van der Waals surface area contributed by atoms with Crippen LogP contribution in [0.25, 0.3) is 0 Å². The Morgan fingerprint density at radius 2 is 1.88 bits per heavy atom. The smallest absolute Gasteiger partial charge is 0.330 e. The fourth-order valence-corrected chi connectivity index (χ4v) is 1.01. The molecule has 0 aromatic rings. The van der Waals surface area contributed by atoms with Crippen LogP contribution in [0.5, 0.6) is 0 Å². The highest BCUT2D eigenvalue weighted by Gasteiger charge is 2.10. The Balaban J connectivity index is 3.64. The normalized spacial score (nSPS) is 15.7. The van der Waals surface area contributed by atoms with E-state index in [-0.39, 0.29) is 18.8 Å². The summed E-state index contributed by atoms with van der Waals surface area (Å²) in [5, 5.41) is 9.11. The van der Waals surface area contributed by atoms with Crippen molar-refractivity contribution in [1.82, 2.24) is 0 Å². The van der Waals surface area contributed by atoms with Gasteiger partial charge in [-0.2, -0.15) is 0 Å². The molecule has 0 amide bonds. The van der Waals surface area contributed by atoms with Crippen LogP contribution in [-0.2, 0) is 19.0 Å². The Labute approximate surface area is 102 Å². The highest BCUT2D eigenvalue weighted by Crippen LogP contribution is 1.99. The van der Waals surface area contributed by atoms with Crippen LogP contribution in [0.4, 0.5) is 0 Å². The van der Waals surface area contributed by atoms with E-state index in [4.69, 9.17) is 19.3 Å². The molecule has 0 aromatic carbocycles. The molecule has 1 N–H and O–H groups in total. The van der Waals surface area contributed by atoms with Crippen molar-refractivity contribution in [1.29, 1.82) is 0 Å². The summed E-state index contributed by atoms with van der Waals surface area (Å²) in [5.74, 6) is -0.479. The minimum Gasteiger partial charge on any atom is -0.457 e. The van der Waals surface area contributed by atoms with Crippen molar-refractivity contribution in [2.45, 2.75) is 32.3 Å². The lowest BCUT2D eigenvalue weighted by Gasteiger charge is -2.17. The monoisotopic (exact) mass is 244 g/mol. The third-order valence-corrected chi connectivity index (χ3v) is 1.76. The van der Waals surface area contributed by atoms with Crippen molar-refractivity contribution in [2.75, 3.05) is 13.2 Å². The second kappa shape index (κ2) is 8.92. The van der Waals surface area contributed by atoms with Crippen LogP contribution in [0.15, 0.2) is 25.3 Å². The van der Waals surface area contributed by atoms with E-state index in [0.717, 1.165) is 6.08 Å². The van der Waals surface area contributed by atoms with Crippen LogP contribution in [0.3, 0.4) is 0 Å². The summed E-state index contributed by atoms with van der Waals surface area (Å²) < 4.78 is 15.2. The molecule has 0 aliphatic carbocycles. The van der Waals surface area contributed by atoms with E-state index in [1.54, 1.807) is 13.8 Å². The maximum atomic E-state index is 10.8. The van der Waals surface area contributed by atoms with Crippen LogP contribution in [0.1, 0.15) is 13.8 Å². The summed E-state index contributed by atoms with van der Waals surface area (Å²) in [6.45, 7) is 10.7. The van der Waals surface area contributed by atoms with E-state index >= 15 is 0 Å². The van der Waals surface area contributed by atoms with Gasteiger partial charge in [0.05, 0.1) is 19.3 Å². The van der Waals surface area contributed by atoms with Gasteiger partial charge in [0, 0.05) is 6.08 Å². The van der Waals surface area contributed by atoms with E-state index in [1.165, 1.54) is 6.08 Å². The van der Waals surface area contributed by atoms with Crippen molar-refractivity contribution < 1.29 is 24.1 Å². The lowest BCUT2D eigenvalue weighted by atomic mass is 10.4. The quantitative estimate of drug-likeness (QED) is 0.284. The van der Waals surface area contributed by atoms with Gasteiger partial charge >= 0.3 is 5.97 Å². The lowest BCUT2D eigenvalue weighted by molar-refractivity contribution is -0.148. The van der Waals surface area contributed by atoms with E-state index in [1.807, 2.05) is 0 Å². The Bertz CT molecular complexity index is 251. The zero-order chi connectivity index (χ0) is 13.3. The fraction of sp³-hybridized carbons (Fsp3) is 0.583. The molecule has 0 bridgehead atoms. The summed E-state index contributed by atoms with van der Waals surface area (Å²) in [4.78, 5) is 10.8. The summed E-state index contributed by atoms with van der Waals surface area (Å²) in [7, 11) is 0. The summed E-state index contributed by atoms with van der Waals surface area (Å²) in [5.41, 5.74) is 0. The highest BCUT2D eigenvalue weighted by atomic mass is 16.6. The van der Waals surface area contributed by atoms with Crippen molar-refractivity contribution >= 4 is 5.97 Å². The number of hydrogen-bond acceptors (Lipinski definition) is 5. The van der Waals surface area contributed by atoms with E-state index in [0.29, 0.717) is 6.61 Å². The average molecular weight is 244 g/mol. The second-order valence-corrected chi connectivity index (χ2v) is 3.56. The van der Waals surface area contributed by atoms with Gasteiger partial charge in [-0.15, -0.1) is 0 Å². The Kier molecular flexibility index (Phi) is 8.31. The standard InChI is InChI=1S/C12H20O5/c1-5-11(13)16-9(3)7-15-8-10(4)17-12(14)6-2/h5-6,9-11,13H,1-2,7-8H2,3-4H3/t9-,10?,11?/m1/s1. The molecular formula is C12H20O5. The topological polar surface area (TPSA) is 65.0 Å². The number of carbonyl (C=O) groups excluding carboxylic acids is 1. The molecule has 0 saturated heterocycles. The van der Waals surface area contributed by atoms with Gasteiger partial charge in [-0.3, -0.25) is 0 Å². The molecule has 0 radical (unpaired) electrons. The van der Waals surface area contributed by atoms with Crippen LogP contribution in [0.2, 0.25) is 0 Å². The minimum atomic E-state index is -0.996. The molecule has 0 spiro atoms. The molecule has 5 heteroatoms. The Hall–Kier alpha value is -1.17. The first kappa shape index (κ1) is 15.8. The number of carbonyl (C=O) groups is 1. The number of hydrogen-bond donors (Lipinski definition) is 1. The maximum Gasteiger partial charge on any atom is 0.330 e. The van der Waals surface area contributed by atoms with Gasteiger partial charge in [0.15, 0.2) is 6.29 Å². The van der Waals surface area contributed by atoms with Gasteiger partial charge in [-0.25, -0.2) is 4.79 Å². The number of aliphatic hydroxyl groups is 1. The Morgan fingerprint density at radius 3 is 2.41 bits per heavy atom. The molecule has 3 atom stereocenters. The van der Waals surface area contributed by atoms with Crippen molar-refractivity contribution in [2.24, 2.45) is 0 Å². The van der Waals surface area contributed by atoms with E-state index in [2.05, 4.69) is 13.2 Å². The molecular weight excluding hydrogens is 224 g/mol. The predicted molar refractivity (Wildman–Crippen MR) is 63.3 cm³/mol. The number of aliphatic hydroxyl groups excluding tert-OH is 1. The van der Waals surface area contributed by atoms with Gasteiger partial charge < -0.3 is 19.3 Å². The predicted octanol–water partition coefficient (Wildman–Crippen LogP) is 1.03. The van der Waals surface area contributed by atoms with Crippen molar-refractivity contribution in [3.8, 4) is 0 Å². The van der Waals surface area contributed by atoms with Gasteiger partial charge in [-0.05, 0) is 19.9 Å². The first-order valence-corrected chi connectivity index (χ1v) is 5.36. The van der Waals surface area contributed by atoms with Crippen LogP contribution < -0.4 is 0 Å². The molecule has 0 aliphatic rings. The first-order valence-electron chi connectivity index (χ1n) is 5.36. The van der Waals surface area contributed by atoms with Crippen molar-refractivity contribution in [3.63, 3.8) is 0 Å². The van der Waals surface area contributed by atoms with Gasteiger partial charge in [0.2, 0.25) is 0 Å². The van der Waals surface area contributed by atoms with Gasteiger partial charge in [0.1, 0.15) is 6.10 Å². The maximum absolute atomic E-state index is 10.8. The average Bonchev–Trinajstić information content (AvgIpc) is 2.28. The molecule has 0 aliphatic heterocycles. The third-order valence-electron chi connectivity index (χ3n) is 1.76. The van der Waals surface area contributed by atoms with Crippen LogP contribution in [0, 0.1) is 0 Å². The fourth-order valence-electron chi connectivity index (χ4n) is 1.01. The molecule has 5 nitrogen and oxygen atoms in total. The molecule has 17 heavy (non-hydrogen) atoms. The number of esters is 1. The highest BCUT2D eigenvalue weighted by molar-refractivity contribution is 5.81. The number of ether oxygens (including phenoxy) is 3. The zero-order valence-electron chi connectivity index (χ0n) is 10.3. The summed E-state index contributed by atoms with van der Waals surface area (Å²) >= 11 is 0. The number of rotatable bonds is 9. The molecule has 0 fully saturated rings. The largest absolute Gasteiger partial charge is 0.457 e. The molecule has 0 heterocycles. The zero-order valence-corrected chi connectivity index (χ0v) is 10.3. The molecule has 0 saturated carbocycles. The Morgan fingerprint density at radius 1 is 1.29 bits per heavy atom. The van der Waals surface area contributed by atoms with Gasteiger partial charge in [0.25, 0.3) is 0 Å². The molecule has 98 valence electrons. The second-order valence-electron chi connectivity index (χ2n) is 3.56. The van der Waals surface area contributed by atoms with Crippen LogP contribution in [-0.4, -0.2) is 42.8 Å². The van der Waals surface area contributed by atoms with Crippen LogP contribution >= 0.6 is 0 Å². The summed E-state index contributed by atoms with van der Waals surface area (Å²) in [6, 6.07) is 0. The van der Waals surface area contributed by atoms with E-state index in [9.17, 15) is 4.79 Å². The molecule has 0 rings (SSSR count). The molecule has 2 unspecified atom stereocenters. The first-order chi connectivity index (χ1) is 7.99. The van der Waals surface area contributed by atoms with Gasteiger partial charge in [-0.1, -0.05) is 13.2 Å². The molecule has 0 aromatic heterocycles. The third kappa shape index (κ3) is 8.62. The minimum absolute atomic E-state index is 0.261. The lowest BCUT2D eigenvalue weighted by Crippen LogP contribution is -2.25.